The number of allylic oxidation sites excluding steroid dienone is 1. The number of unbranched alkanes of at least 4 members (excludes halogenated alkanes) is 5. The largest absolute Gasteiger partial charge is 0.673 e. The normalized spacial score (nSPS) is 12.4. The van der Waals surface area contributed by atoms with Crippen molar-refractivity contribution >= 4 is 13.0 Å². The number of aryl methyl sites for hydroxylation is 1. The molecule has 0 aliphatic carbocycles. The summed E-state index contributed by atoms with van der Waals surface area (Å²) in [6.45, 7) is 8.02. The second kappa shape index (κ2) is 15.0. The average Bonchev–Trinajstić information content (AvgIpc) is 2.61. The lowest BCUT2D eigenvalue weighted by molar-refractivity contribution is -0.558. The third-order valence-electron chi connectivity index (χ3n) is 4.22. The summed E-state index contributed by atoms with van der Waals surface area (Å²) in [4.78, 5) is 11.8. The SMILES string of the molecule is Cc1ccc([I+]/C=C(/F)CCCCCCCCC(=O)C(C)(C)C)cc1.F[B-](F)(F)F. The van der Waals surface area contributed by atoms with Crippen molar-refractivity contribution in [2.45, 2.75) is 79.1 Å². The van der Waals surface area contributed by atoms with E-state index in [4.69, 9.17) is 0 Å². The molecule has 1 aromatic rings. The predicted octanol–water partition coefficient (Wildman–Crippen LogP) is 5.10. The summed E-state index contributed by atoms with van der Waals surface area (Å²) < 4.78 is 55.9. The van der Waals surface area contributed by atoms with E-state index in [1.807, 2.05) is 24.9 Å². The van der Waals surface area contributed by atoms with Crippen LogP contribution in [0, 0.1) is 15.9 Å². The Kier molecular flexibility index (Phi) is 14.5. The molecule has 1 nitrogen and oxygen atoms in total. The summed E-state index contributed by atoms with van der Waals surface area (Å²) in [5, 5.41) is 0. The smallest absolute Gasteiger partial charge is 0.418 e. The van der Waals surface area contributed by atoms with E-state index in [0.29, 0.717) is 18.6 Å². The van der Waals surface area contributed by atoms with Crippen LogP contribution in [-0.2, 0) is 4.79 Å². The topological polar surface area (TPSA) is 17.1 Å². The van der Waals surface area contributed by atoms with Crippen molar-refractivity contribution in [3.63, 3.8) is 0 Å². The molecule has 0 aliphatic heterocycles. The quantitative estimate of drug-likeness (QED) is 0.164. The standard InChI is InChI=1S/C22H33FIO.BF4/c1-18-13-15-20(16-14-18)24-17-19(23)11-9-7-5-6-8-10-12-21(25)22(2,3)4;2-1(3,4)5/h13-17H,5-12H2,1-4H3;/q+1;-1/b19-17+;. The van der Waals surface area contributed by atoms with Gasteiger partial charge in [0.1, 0.15) is 11.6 Å². The number of carbonyl (C=O) groups excluding carboxylic acids is 1. The van der Waals surface area contributed by atoms with E-state index in [2.05, 4.69) is 31.2 Å². The zero-order valence-electron chi connectivity index (χ0n) is 18.3. The minimum atomic E-state index is -6.00. The Balaban J connectivity index is 0.00000150. The molecular weight excluding hydrogens is 513 g/mol. The van der Waals surface area contributed by atoms with Gasteiger partial charge in [0.25, 0.3) is 0 Å². The van der Waals surface area contributed by atoms with E-state index < -0.39 is 7.25 Å². The van der Waals surface area contributed by atoms with Gasteiger partial charge in [0.05, 0.1) is 0 Å². The maximum Gasteiger partial charge on any atom is 0.673 e. The van der Waals surface area contributed by atoms with Gasteiger partial charge >= 0.3 is 28.5 Å². The molecule has 0 saturated carbocycles. The van der Waals surface area contributed by atoms with Gasteiger partial charge in [-0.3, -0.25) is 4.79 Å². The molecule has 0 heterocycles. The minimum absolute atomic E-state index is 0.0594. The Morgan fingerprint density at radius 3 is 1.80 bits per heavy atom. The Morgan fingerprint density at radius 2 is 1.33 bits per heavy atom. The monoisotopic (exact) mass is 546 g/mol. The van der Waals surface area contributed by atoms with Gasteiger partial charge in [-0.25, -0.2) is 4.39 Å². The molecule has 0 bridgehead atoms. The number of hydrogen-bond donors (Lipinski definition) is 0. The summed E-state index contributed by atoms with van der Waals surface area (Å²) in [7, 11) is -6.00. The van der Waals surface area contributed by atoms with Gasteiger partial charge in [0.2, 0.25) is 0 Å². The van der Waals surface area contributed by atoms with Crippen molar-refractivity contribution in [2.75, 3.05) is 0 Å². The van der Waals surface area contributed by atoms with Crippen LogP contribution in [-0.4, -0.2) is 13.0 Å². The highest BCUT2D eigenvalue weighted by molar-refractivity contribution is 6.50. The summed E-state index contributed by atoms with van der Waals surface area (Å²) >= 11 is -0.346. The minimum Gasteiger partial charge on any atom is -0.418 e. The molecule has 30 heavy (non-hydrogen) atoms. The maximum atomic E-state index is 13.8. The molecule has 0 radical (unpaired) electrons. The van der Waals surface area contributed by atoms with Crippen LogP contribution < -0.4 is 21.2 Å². The Bertz CT molecular complexity index is 630. The lowest BCUT2D eigenvalue weighted by Crippen LogP contribution is -3.59. The second-order valence-corrected chi connectivity index (χ2v) is 10.7. The van der Waals surface area contributed by atoms with E-state index >= 15 is 0 Å². The van der Waals surface area contributed by atoms with E-state index in [1.165, 1.54) is 9.13 Å². The molecule has 1 rings (SSSR count). The van der Waals surface area contributed by atoms with Gasteiger partial charge in [-0.2, -0.15) is 0 Å². The van der Waals surface area contributed by atoms with Crippen molar-refractivity contribution in [3.8, 4) is 0 Å². The average molecular weight is 546 g/mol. The number of halogens is 6. The molecule has 172 valence electrons. The summed E-state index contributed by atoms with van der Waals surface area (Å²) in [5.74, 6) is 0.417. The fourth-order valence-corrected chi connectivity index (χ4v) is 4.23. The van der Waals surface area contributed by atoms with Crippen LogP contribution >= 0.6 is 0 Å². The van der Waals surface area contributed by atoms with Crippen LogP contribution in [0.1, 0.15) is 77.7 Å². The summed E-state index contributed by atoms with van der Waals surface area (Å²) in [5.41, 5.74) is 1.05. The second-order valence-electron chi connectivity index (χ2n) is 8.25. The predicted molar refractivity (Wildman–Crippen MR) is 111 cm³/mol. The number of Topliss-reactive ketones (excluding diaryl/α,β-unsaturated/α-hetero) is 1. The van der Waals surface area contributed by atoms with Crippen LogP contribution in [0.4, 0.5) is 21.7 Å². The summed E-state index contributed by atoms with van der Waals surface area (Å²) in [6, 6.07) is 8.40. The van der Waals surface area contributed by atoms with Gasteiger partial charge in [-0.05, 0) is 31.9 Å². The maximum absolute atomic E-state index is 13.8. The first kappa shape index (κ1) is 29.1. The molecule has 0 saturated heterocycles. The van der Waals surface area contributed by atoms with E-state index in [-0.39, 0.29) is 32.4 Å². The van der Waals surface area contributed by atoms with Gasteiger partial charge in [0.15, 0.2) is 7.65 Å². The number of carbonyl (C=O) groups is 1. The zero-order valence-corrected chi connectivity index (χ0v) is 20.5. The first-order valence-corrected chi connectivity index (χ1v) is 12.6. The third-order valence-corrected chi connectivity index (χ3v) is 6.64. The van der Waals surface area contributed by atoms with Crippen molar-refractivity contribution < 1.29 is 47.7 Å². The molecule has 0 fully saturated rings. The number of benzene rings is 1. The van der Waals surface area contributed by atoms with Gasteiger partial charge in [-0.15, -0.1) is 0 Å². The molecule has 0 aromatic heterocycles. The third kappa shape index (κ3) is 19.1. The first-order chi connectivity index (χ1) is 13.8. The zero-order chi connectivity index (χ0) is 23.2. The Morgan fingerprint density at radius 1 is 0.900 bits per heavy atom. The highest BCUT2D eigenvalue weighted by atomic mass is 127. The van der Waals surface area contributed by atoms with E-state index in [0.717, 1.165) is 38.5 Å². The lowest BCUT2D eigenvalue weighted by atomic mass is 9.88. The molecule has 0 unspecified atom stereocenters. The number of ketones is 1. The van der Waals surface area contributed by atoms with Crippen LogP contribution in [0.25, 0.3) is 0 Å². The first-order valence-electron chi connectivity index (χ1n) is 10.2. The van der Waals surface area contributed by atoms with Crippen LogP contribution in [0.5, 0.6) is 0 Å². The lowest BCUT2D eigenvalue weighted by Gasteiger charge is -2.16. The van der Waals surface area contributed by atoms with Gasteiger partial charge in [-0.1, -0.05) is 64.2 Å². The van der Waals surface area contributed by atoms with E-state index in [9.17, 15) is 26.4 Å². The highest BCUT2D eigenvalue weighted by Gasteiger charge is 2.21. The van der Waals surface area contributed by atoms with Crippen LogP contribution in [0.15, 0.2) is 34.2 Å². The van der Waals surface area contributed by atoms with Crippen LogP contribution in [0.3, 0.4) is 0 Å². The molecular formula is C22H33BF5IO. The number of rotatable bonds is 11. The highest BCUT2D eigenvalue weighted by Crippen LogP contribution is 2.19. The molecule has 0 spiro atoms. The summed E-state index contributed by atoms with van der Waals surface area (Å²) in [6.07, 6.45) is 7.68. The molecule has 0 aliphatic rings. The van der Waals surface area contributed by atoms with Crippen LogP contribution in [0.2, 0.25) is 0 Å². The number of hydrogen-bond acceptors (Lipinski definition) is 1. The van der Waals surface area contributed by atoms with Crippen molar-refractivity contribution in [2.24, 2.45) is 5.41 Å². The van der Waals surface area contributed by atoms with Crippen molar-refractivity contribution in [1.82, 2.24) is 0 Å². The van der Waals surface area contributed by atoms with Gasteiger partial charge < -0.3 is 17.3 Å². The Labute approximate surface area is 188 Å². The van der Waals surface area contributed by atoms with Crippen molar-refractivity contribution in [1.29, 1.82) is 0 Å². The Hall–Kier alpha value is -0.925. The van der Waals surface area contributed by atoms with Crippen molar-refractivity contribution in [3.05, 3.63) is 43.3 Å². The fraction of sp³-hybridized carbons (Fsp3) is 0.591. The molecule has 8 heteroatoms. The molecule has 0 N–H and O–H groups in total. The molecule has 0 atom stereocenters. The van der Waals surface area contributed by atoms with E-state index in [1.54, 1.807) is 0 Å². The fourth-order valence-electron chi connectivity index (χ4n) is 2.44. The molecule has 0 amide bonds. The molecule has 1 aromatic carbocycles. The van der Waals surface area contributed by atoms with Gasteiger partial charge in [0, 0.05) is 18.3 Å².